The number of piperidine rings is 1. The van der Waals surface area contributed by atoms with Crippen LogP contribution in [-0.4, -0.2) is 55.6 Å². The average Bonchev–Trinajstić information content (AvgIpc) is 3.03. The molecule has 1 aliphatic heterocycles. The normalized spacial score (nSPS) is 16.3. The van der Waals surface area contributed by atoms with Crippen molar-refractivity contribution in [3.63, 3.8) is 0 Å². The highest BCUT2D eigenvalue weighted by Gasteiger charge is 2.09. The molecule has 5 nitrogen and oxygen atoms in total. The molecule has 0 unspecified atom stereocenters. The number of fused-ring (bicyclic) bond motifs is 1. The van der Waals surface area contributed by atoms with E-state index < -0.39 is 0 Å². The standard InChI is InChI=1S/C19H28FN5/c1-21-19(23-9-12-25-10-3-2-4-11-25)22-8-7-15-14-24-18-13-16(20)5-6-17(15)18/h5-6,13-14,24H,2-4,7-12H2,1H3,(H2,21,22,23). The van der Waals surface area contributed by atoms with Crippen molar-refractivity contribution in [1.82, 2.24) is 20.5 Å². The summed E-state index contributed by atoms with van der Waals surface area (Å²) in [4.78, 5) is 9.92. The molecule has 2 aromatic rings. The Hall–Kier alpha value is -2.08. The van der Waals surface area contributed by atoms with E-state index in [9.17, 15) is 4.39 Å². The quantitative estimate of drug-likeness (QED) is 0.557. The first kappa shape index (κ1) is 17.7. The number of likely N-dealkylation sites (tertiary alicyclic amines) is 1. The third kappa shape index (κ3) is 4.95. The van der Waals surface area contributed by atoms with Gasteiger partial charge in [-0.1, -0.05) is 6.42 Å². The number of hydrogen-bond acceptors (Lipinski definition) is 2. The van der Waals surface area contributed by atoms with Gasteiger partial charge in [0.25, 0.3) is 0 Å². The fourth-order valence-corrected chi connectivity index (χ4v) is 3.42. The molecule has 3 N–H and O–H groups in total. The van der Waals surface area contributed by atoms with Crippen LogP contribution >= 0.6 is 0 Å². The molecule has 136 valence electrons. The topological polar surface area (TPSA) is 55.5 Å². The number of hydrogen-bond donors (Lipinski definition) is 3. The molecule has 0 atom stereocenters. The Morgan fingerprint density at radius 3 is 2.80 bits per heavy atom. The lowest BCUT2D eigenvalue weighted by molar-refractivity contribution is 0.232. The molecule has 0 bridgehead atoms. The Morgan fingerprint density at radius 1 is 1.20 bits per heavy atom. The number of H-pyrrole nitrogens is 1. The fourth-order valence-electron chi connectivity index (χ4n) is 3.42. The fraction of sp³-hybridized carbons (Fsp3) is 0.526. The minimum atomic E-state index is -0.211. The second-order valence-electron chi connectivity index (χ2n) is 6.58. The molecule has 1 fully saturated rings. The van der Waals surface area contributed by atoms with Crippen molar-refractivity contribution in [3.05, 3.63) is 35.8 Å². The number of aliphatic imine (C=N–C) groups is 1. The molecular formula is C19H28FN5. The second-order valence-corrected chi connectivity index (χ2v) is 6.58. The highest BCUT2D eigenvalue weighted by molar-refractivity contribution is 5.83. The first-order chi connectivity index (χ1) is 12.3. The van der Waals surface area contributed by atoms with Gasteiger partial charge in [-0.15, -0.1) is 0 Å². The Bertz CT molecular complexity index is 703. The van der Waals surface area contributed by atoms with Crippen molar-refractivity contribution < 1.29 is 4.39 Å². The zero-order valence-electron chi connectivity index (χ0n) is 14.9. The third-order valence-corrected chi connectivity index (χ3v) is 4.81. The van der Waals surface area contributed by atoms with Crippen molar-refractivity contribution in [2.45, 2.75) is 25.7 Å². The highest BCUT2D eigenvalue weighted by atomic mass is 19.1. The number of halogens is 1. The number of benzene rings is 1. The zero-order valence-corrected chi connectivity index (χ0v) is 14.9. The van der Waals surface area contributed by atoms with E-state index in [0.717, 1.165) is 42.9 Å². The summed E-state index contributed by atoms with van der Waals surface area (Å²) in [6.07, 6.45) is 6.83. The largest absolute Gasteiger partial charge is 0.361 e. The Balaban J connectivity index is 1.41. The Kier molecular flexibility index (Phi) is 6.28. The zero-order chi connectivity index (χ0) is 17.5. The number of aromatic amines is 1. The lowest BCUT2D eigenvalue weighted by atomic mass is 10.1. The van der Waals surface area contributed by atoms with Crippen molar-refractivity contribution in [2.24, 2.45) is 4.99 Å². The van der Waals surface area contributed by atoms with Gasteiger partial charge in [-0.05, 0) is 56.1 Å². The van der Waals surface area contributed by atoms with Crippen LogP contribution in [0.3, 0.4) is 0 Å². The lowest BCUT2D eigenvalue weighted by Crippen LogP contribution is -2.43. The van der Waals surface area contributed by atoms with Crippen LogP contribution < -0.4 is 10.6 Å². The molecule has 1 aromatic carbocycles. The minimum Gasteiger partial charge on any atom is -0.361 e. The number of aromatic nitrogens is 1. The molecular weight excluding hydrogens is 317 g/mol. The maximum Gasteiger partial charge on any atom is 0.191 e. The van der Waals surface area contributed by atoms with Crippen LogP contribution in [0.4, 0.5) is 4.39 Å². The van der Waals surface area contributed by atoms with Gasteiger partial charge in [0, 0.05) is 43.8 Å². The van der Waals surface area contributed by atoms with Gasteiger partial charge >= 0.3 is 0 Å². The SMILES string of the molecule is CN=C(NCCc1c[nH]c2cc(F)ccc12)NCCN1CCCCC1. The number of nitrogens with one attached hydrogen (secondary N) is 3. The van der Waals surface area contributed by atoms with Crippen LogP contribution in [0.2, 0.25) is 0 Å². The predicted molar refractivity (Wildman–Crippen MR) is 102 cm³/mol. The summed E-state index contributed by atoms with van der Waals surface area (Å²) in [5.74, 6) is 0.625. The van der Waals surface area contributed by atoms with E-state index in [1.807, 2.05) is 12.3 Å². The second kappa shape index (κ2) is 8.85. The maximum absolute atomic E-state index is 13.2. The summed E-state index contributed by atoms with van der Waals surface area (Å²) >= 11 is 0. The van der Waals surface area contributed by atoms with E-state index in [1.54, 1.807) is 7.05 Å². The van der Waals surface area contributed by atoms with E-state index >= 15 is 0 Å². The summed E-state index contributed by atoms with van der Waals surface area (Å²) < 4.78 is 13.2. The smallest absolute Gasteiger partial charge is 0.191 e. The van der Waals surface area contributed by atoms with E-state index in [0.29, 0.717) is 0 Å². The Labute approximate surface area is 148 Å². The van der Waals surface area contributed by atoms with E-state index in [1.165, 1.54) is 50.0 Å². The monoisotopic (exact) mass is 345 g/mol. The van der Waals surface area contributed by atoms with Gasteiger partial charge < -0.3 is 20.5 Å². The van der Waals surface area contributed by atoms with Crippen LogP contribution in [0.5, 0.6) is 0 Å². The molecule has 3 rings (SSSR count). The number of guanidine groups is 1. The van der Waals surface area contributed by atoms with Gasteiger partial charge in [0.05, 0.1) is 0 Å². The van der Waals surface area contributed by atoms with Crippen molar-refractivity contribution in [2.75, 3.05) is 39.8 Å². The molecule has 25 heavy (non-hydrogen) atoms. The lowest BCUT2D eigenvalue weighted by Gasteiger charge is -2.26. The van der Waals surface area contributed by atoms with Crippen LogP contribution in [-0.2, 0) is 6.42 Å². The van der Waals surface area contributed by atoms with Crippen LogP contribution in [0.15, 0.2) is 29.4 Å². The molecule has 6 heteroatoms. The molecule has 1 aromatic heterocycles. The molecule has 0 amide bonds. The summed E-state index contributed by atoms with van der Waals surface area (Å²) in [6, 6.07) is 4.88. The van der Waals surface area contributed by atoms with Gasteiger partial charge in [-0.2, -0.15) is 0 Å². The van der Waals surface area contributed by atoms with Gasteiger partial charge in [-0.3, -0.25) is 4.99 Å². The number of nitrogens with zero attached hydrogens (tertiary/aromatic N) is 2. The highest BCUT2D eigenvalue weighted by Crippen LogP contribution is 2.19. The van der Waals surface area contributed by atoms with Gasteiger partial charge in [0.1, 0.15) is 5.82 Å². The molecule has 0 radical (unpaired) electrons. The van der Waals surface area contributed by atoms with Crippen LogP contribution in [0.25, 0.3) is 10.9 Å². The molecule has 1 saturated heterocycles. The minimum absolute atomic E-state index is 0.211. The van der Waals surface area contributed by atoms with E-state index in [2.05, 4.69) is 25.5 Å². The van der Waals surface area contributed by atoms with Crippen molar-refractivity contribution >= 4 is 16.9 Å². The van der Waals surface area contributed by atoms with Crippen LogP contribution in [0, 0.1) is 5.82 Å². The molecule has 2 heterocycles. The summed E-state index contributed by atoms with van der Waals surface area (Å²) in [6.45, 7) is 5.19. The van der Waals surface area contributed by atoms with Crippen LogP contribution in [0.1, 0.15) is 24.8 Å². The first-order valence-electron chi connectivity index (χ1n) is 9.18. The predicted octanol–water partition coefficient (Wildman–Crippen LogP) is 2.50. The summed E-state index contributed by atoms with van der Waals surface area (Å²) in [7, 11) is 1.80. The van der Waals surface area contributed by atoms with Crippen molar-refractivity contribution in [3.8, 4) is 0 Å². The van der Waals surface area contributed by atoms with E-state index in [4.69, 9.17) is 0 Å². The molecule has 0 saturated carbocycles. The average molecular weight is 345 g/mol. The molecule has 0 aliphatic carbocycles. The van der Waals surface area contributed by atoms with Crippen molar-refractivity contribution in [1.29, 1.82) is 0 Å². The van der Waals surface area contributed by atoms with Gasteiger partial charge in [0.2, 0.25) is 0 Å². The molecule has 1 aliphatic rings. The summed E-state index contributed by atoms with van der Waals surface area (Å²) in [5, 5.41) is 7.82. The molecule has 0 spiro atoms. The third-order valence-electron chi connectivity index (χ3n) is 4.81. The maximum atomic E-state index is 13.2. The van der Waals surface area contributed by atoms with Gasteiger partial charge in [-0.25, -0.2) is 4.39 Å². The Morgan fingerprint density at radius 2 is 2.00 bits per heavy atom. The summed E-state index contributed by atoms with van der Waals surface area (Å²) in [5.41, 5.74) is 2.03. The number of rotatable bonds is 6. The van der Waals surface area contributed by atoms with Gasteiger partial charge in [0.15, 0.2) is 5.96 Å². The van der Waals surface area contributed by atoms with E-state index in [-0.39, 0.29) is 5.82 Å². The first-order valence-corrected chi connectivity index (χ1v) is 9.18.